The molecule has 0 spiro atoms. The summed E-state index contributed by atoms with van der Waals surface area (Å²) in [6.07, 6.45) is 0. The third-order valence-corrected chi connectivity index (χ3v) is 3.58. The summed E-state index contributed by atoms with van der Waals surface area (Å²) < 4.78 is 5.16. The Hall–Kier alpha value is -0.770. The normalized spacial score (nSPS) is 16.0. The number of ether oxygens (including phenoxy) is 1. The number of methoxy groups -OCH3 is 1. The summed E-state index contributed by atoms with van der Waals surface area (Å²) in [6, 6.07) is 6.68. The second kappa shape index (κ2) is 5.71. The minimum Gasteiger partial charge on any atom is -0.495 e. The molecule has 1 aromatic rings. The van der Waals surface area contributed by atoms with Gasteiger partial charge in [0.1, 0.15) is 5.75 Å². The maximum Gasteiger partial charge on any atom is 0.137 e. The summed E-state index contributed by atoms with van der Waals surface area (Å²) in [5, 5.41) is 3.99. The van der Waals surface area contributed by atoms with E-state index in [-0.39, 0.29) is 0 Å². The molecule has 1 aliphatic rings. The van der Waals surface area contributed by atoms with Crippen molar-refractivity contribution in [3.05, 3.63) is 28.8 Å². The van der Waals surface area contributed by atoms with E-state index in [1.165, 1.54) is 5.56 Å². The third-order valence-electron chi connectivity index (χ3n) is 3.28. The minimum atomic E-state index is 0.667. The summed E-state index contributed by atoms with van der Waals surface area (Å²) >= 11 is 6.13. The van der Waals surface area contributed by atoms with Gasteiger partial charge in [0.05, 0.1) is 12.1 Å². The Labute approximate surface area is 108 Å². The number of hydrogen-bond donors (Lipinski definition) is 1. The van der Waals surface area contributed by atoms with Gasteiger partial charge in [-0.15, -0.1) is 0 Å². The van der Waals surface area contributed by atoms with Crippen LogP contribution in [0, 0.1) is 0 Å². The molecular formula is C13H19ClN2O. The molecule has 17 heavy (non-hydrogen) atoms. The second-order valence-corrected chi connectivity index (χ2v) is 4.75. The van der Waals surface area contributed by atoms with Gasteiger partial charge in [-0.25, -0.2) is 0 Å². The van der Waals surface area contributed by atoms with Crippen LogP contribution in [0.15, 0.2) is 18.2 Å². The monoisotopic (exact) mass is 254 g/mol. The molecule has 0 saturated carbocycles. The molecule has 1 N–H and O–H groups in total. The summed E-state index contributed by atoms with van der Waals surface area (Å²) in [6.45, 7) is 6.40. The smallest absolute Gasteiger partial charge is 0.137 e. The van der Waals surface area contributed by atoms with Gasteiger partial charge < -0.3 is 10.1 Å². The van der Waals surface area contributed by atoms with Gasteiger partial charge in [0, 0.05) is 25.7 Å². The molecule has 1 fully saturated rings. The topological polar surface area (TPSA) is 24.5 Å². The van der Waals surface area contributed by atoms with Crippen LogP contribution in [0.25, 0.3) is 0 Å². The van der Waals surface area contributed by atoms with E-state index in [1.807, 2.05) is 12.1 Å². The largest absolute Gasteiger partial charge is 0.495 e. The molecule has 0 radical (unpaired) electrons. The fourth-order valence-electron chi connectivity index (χ4n) is 2.07. The fraction of sp³-hybridized carbons (Fsp3) is 0.538. The van der Waals surface area contributed by atoms with Crippen molar-refractivity contribution in [3.8, 4) is 5.75 Å². The van der Waals surface area contributed by atoms with E-state index in [0.29, 0.717) is 11.1 Å². The van der Waals surface area contributed by atoms with E-state index in [9.17, 15) is 0 Å². The molecule has 4 heteroatoms. The molecule has 0 atom stereocenters. The number of rotatable bonds is 5. The van der Waals surface area contributed by atoms with Gasteiger partial charge in [0.25, 0.3) is 0 Å². The average Bonchev–Trinajstić information content (AvgIpc) is 2.26. The maximum atomic E-state index is 6.13. The van der Waals surface area contributed by atoms with Crippen LogP contribution >= 0.6 is 11.6 Å². The highest BCUT2D eigenvalue weighted by Gasteiger charge is 2.23. The fourth-order valence-corrected chi connectivity index (χ4v) is 2.35. The van der Waals surface area contributed by atoms with Gasteiger partial charge in [0.15, 0.2) is 0 Å². The van der Waals surface area contributed by atoms with Crippen molar-refractivity contribution in [2.75, 3.05) is 26.7 Å². The Balaban J connectivity index is 2.03. The van der Waals surface area contributed by atoms with Crippen LogP contribution in [0.4, 0.5) is 0 Å². The van der Waals surface area contributed by atoms with Crippen molar-refractivity contribution in [3.63, 3.8) is 0 Å². The first-order valence-corrected chi connectivity index (χ1v) is 6.39. The molecule has 1 aromatic carbocycles. The first kappa shape index (κ1) is 12.7. The Morgan fingerprint density at radius 1 is 1.47 bits per heavy atom. The van der Waals surface area contributed by atoms with Crippen LogP contribution < -0.4 is 10.1 Å². The molecule has 1 heterocycles. The Morgan fingerprint density at radius 3 is 2.71 bits per heavy atom. The molecule has 0 aliphatic carbocycles. The zero-order chi connectivity index (χ0) is 12.3. The molecule has 0 unspecified atom stereocenters. The highest BCUT2D eigenvalue weighted by Crippen LogP contribution is 2.25. The molecule has 3 nitrogen and oxygen atoms in total. The van der Waals surface area contributed by atoms with Crippen molar-refractivity contribution in [1.29, 1.82) is 0 Å². The number of benzene rings is 1. The molecule has 0 aromatic heterocycles. The van der Waals surface area contributed by atoms with Gasteiger partial charge >= 0.3 is 0 Å². The van der Waals surface area contributed by atoms with Crippen molar-refractivity contribution in [2.24, 2.45) is 0 Å². The van der Waals surface area contributed by atoms with Gasteiger partial charge in [0.2, 0.25) is 0 Å². The number of hydrogen-bond acceptors (Lipinski definition) is 3. The summed E-state index contributed by atoms with van der Waals surface area (Å²) in [7, 11) is 1.64. The van der Waals surface area contributed by atoms with Crippen molar-refractivity contribution in [1.82, 2.24) is 10.2 Å². The van der Waals surface area contributed by atoms with Crippen LogP contribution in [0.5, 0.6) is 5.75 Å². The van der Waals surface area contributed by atoms with E-state index in [0.717, 1.165) is 31.9 Å². The van der Waals surface area contributed by atoms with E-state index in [4.69, 9.17) is 16.3 Å². The predicted octanol–water partition coefficient (Wildman–Crippen LogP) is 2.14. The number of likely N-dealkylation sites (N-methyl/N-ethyl adjacent to an activating group) is 1. The Kier molecular flexibility index (Phi) is 4.26. The van der Waals surface area contributed by atoms with Gasteiger partial charge in [-0.3, -0.25) is 4.90 Å². The van der Waals surface area contributed by atoms with Crippen LogP contribution in [0.3, 0.4) is 0 Å². The maximum absolute atomic E-state index is 6.13. The van der Waals surface area contributed by atoms with Crippen LogP contribution in [-0.2, 0) is 6.54 Å². The lowest BCUT2D eigenvalue weighted by Crippen LogP contribution is -2.56. The Morgan fingerprint density at radius 2 is 2.24 bits per heavy atom. The molecule has 94 valence electrons. The van der Waals surface area contributed by atoms with Gasteiger partial charge in [-0.2, -0.15) is 0 Å². The Bertz CT molecular complexity index is 380. The van der Waals surface area contributed by atoms with E-state index in [1.54, 1.807) is 7.11 Å². The van der Waals surface area contributed by atoms with Gasteiger partial charge in [-0.1, -0.05) is 24.6 Å². The molecular weight excluding hydrogens is 236 g/mol. The van der Waals surface area contributed by atoms with Crippen LogP contribution in [-0.4, -0.2) is 37.7 Å². The molecule has 1 aliphatic heterocycles. The highest BCUT2D eigenvalue weighted by atomic mass is 35.5. The first-order chi connectivity index (χ1) is 8.24. The quantitative estimate of drug-likeness (QED) is 0.872. The third kappa shape index (κ3) is 2.92. The summed E-state index contributed by atoms with van der Waals surface area (Å²) in [5.41, 5.74) is 1.24. The highest BCUT2D eigenvalue weighted by molar-refractivity contribution is 6.32. The second-order valence-electron chi connectivity index (χ2n) is 4.34. The molecule has 1 saturated heterocycles. The van der Waals surface area contributed by atoms with Crippen molar-refractivity contribution < 1.29 is 4.74 Å². The summed E-state index contributed by atoms with van der Waals surface area (Å²) in [4.78, 5) is 2.47. The first-order valence-electron chi connectivity index (χ1n) is 6.01. The summed E-state index contributed by atoms with van der Waals surface area (Å²) in [5.74, 6) is 0.740. The average molecular weight is 255 g/mol. The van der Waals surface area contributed by atoms with E-state index in [2.05, 4.69) is 23.2 Å². The zero-order valence-electron chi connectivity index (χ0n) is 10.4. The number of nitrogens with one attached hydrogen (secondary N) is 1. The zero-order valence-corrected chi connectivity index (χ0v) is 11.1. The standard InChI is InChI=1S/C13H19ClN2O/c1-3-16(11-7-15-8-11)9-10-4-5-13(17-2)12(14)6-10/h4-6,11,15H,3,7-9H2,1-2H3. The van der Waals surface area contributed by atoms with Crippen molar-refractivity contribution >= 4 is 11.6 Å². The predicted molar refractivity (Wildman–Crippen MR) is 70.7 cm³/mol. The van der Waals surface area contributed by atoms with Crippen LogP contribution in [0.1, 0.15) is 12.5 Å². The van der Waals surface area contributed by atoms with Crippen LogP contribution in [0.2, 0.25) is 5.02 Å². The number of nitrogens with zero attached hydrogens (tertiary/aromatic N) is 1. The molecule has 2 rings (SSSR count). The number of halogens is 1. The lowest BCUT2D eigenvalue weighted by Gasteiger charge is -2.37. The van der Waals surface area contributed by atoms with E-state index >= 15 is 0 Å². The van der Waals surface area contributed by atoms with Gasteiger partial charge in [-0.05, 0) is 24.2 Å². The molecule has 0 bridgehead atoms. The lowest BCUT2D eigenvalue weighted by molar-refractivity contribution is 0.145. The SMILES string of the molecule is CCN(Cc1ccc(OC)c(Cl)c1)C1CNC1. The minimum absolute atomic E-state index is 0.667. The lowest BCUT2D eigenvalue weighted by atomic mass is 10.1. The molecule has 0 amide bonds. The van der Waals surface area contributed by atoms with Crippen molar-refractivity contribution in [2.45, 2.75) is 19.5 Å². The van der Waals surface area contributed by atoms with E-state index < -0.39 is 0 Å².